The van der Waals surface area contributed by atoms with E-state index < -0.39 is 16.1 Å². The standard InChI is InChI=1S/C27H37Cl2N3O4S/c1-6-19(3)30-27(34)20(4)31(18-23-24(28)10-8-11-25(23)29)26(33)12-9-17-32(37(5,35)36)22-15-13-21(7-2)14-16-22/h8,10-11,13-16,19-20H,6-7,9,12,17-18H2,1-5H3,(H,30,34)/t19-,20+/m0/s1. The fraction of sp³-hybridized carbons (Fsp3) is 0.481. The van der Waals surface area contributed by atoms with Gasteiger partial charge in [-0.15, -0.1) is 0 Å². The summed E-state index contributed by atoms with van der Waals surface area (Å²) in [6.07, 6.45) is 3.07. The lowest BCUT2D eigenvalue weighted by Crippen LogP contribution is -2.49. The van der Waals surface area contributed by atoms with Crippen LogP contribution in [0, 0.1) is 0 Å². The van der Waals surface area contributed by atoms with Crippen LogP contribution in [0.2, 0.25) is 10.0 Å². The molecule has 204 valence electrons. The van der Waals surface area contributed by atoms with Crippen molar-refractivity contribution >= 4 is 50.7 Å². The molecule has 0 saturated carbocycles. The van der Waals surface area contributed by atoms with Crippen molar-refractivity contribution in [2.24, 2.45) is 0 Å². The van der Waals surface area contributed by atoms with Crippen LogP contribution in [0.4, 0.5) is 5.69 Å². The molecule has 0 radical (unpaired) electrons. The number of anilines is 1. The fourth-order valence-corrected chi connectivity index (χ4v) is 5.29. The number of aryl methyl sites for hydroxylation is 1. The molecule has 0 fully saturated rings. The lowest BCUT2D eigenvalue weighted by atomic mass is 10.1. The molecule has 0 aliphatic carbocycles. The van der Waals surface area contributed by atoms with Crippen molar-refractivity contribution < 1.29 is 18.0 Å². The van der Waals surface area contributed by atoms with Gasteiger partial charge in [0.25, 0.3) is 0 Å². The largest absolute Gasteiger partial charge is 0.352 e. The summed E-state index contributed by atoms with van der Waals surface area (Å²) in [5, 5.41) is 3.72. The third-order valence-corrected chi connectivity index (χ3v) is 8.25. The van der Waals surface area contributed by atoms with Gasteiger partial charge in [-0.2, -0.15) is 0 Å². The van der Waals surface area contributed by atoms with Crippen LogP contribution in [0.25, 0.3) is 0 Å². The molecule has 0 aliphatic heterocycles. The third-order valence-electron chi connectivity index (χ3n) is 6.34. The second-order valence-electron chi connectivity index (χ2n) is 9.17. The summed E-state index contributed by atoms with van der Waals surface area (Å²) in [4.78, 5) is 27.8. The van der Waals surface area contributed by atoms with E-state index in [4.69, 9.17) is 23.2 Å². The number of rotatable bonds is 13. The Labute approximate surface area is 231 Å². The number of carbonyl (C=O) groups is 2. The average Bonchev–Trinajstić information content (AvgIpc) is 2.85. The molecule has 2 amide bonds. The van der Waals surface area contributed by atoms with E-state index >= 15 is 0 Å². The quantitative estimate of drug-likeness (QED) is 0.348. The molecule has 1 N–H and O–H groups in total. The summed E-state index contributed by atoms with van der Waals surface area (Å²) in [5.74, 6) is -0.572. The molecular weight excluding hydrogens is 533 g/mol. The third kappa shape index (κ3) is 8.90. The van der Waals surface area contributed by atoms with Gasteiger partial charge >= 0.3 is 0 Å². The zero-order chi connectivity index (χ0) is 27.8. The Morgan fingerprint density at radius 1 is 1.00 bits per heavy atom. The molecule has 0 aliphatic rings. The predicted octanol–water partition coefficient (Wildman–Crippen LogP) is 5.43. The van der Waals surface area contributed by atoms with Gasteiger partial charge in [-0.05, 0) is 62.9 Å². The maximum absolute atomic E-state index is 13.4. The minimum atomic E-state index is -3.55. The van der Waals surface area contributed by atoms with Crippen LogP contribution < -0.4 is 9.62 Å². The van der Waals surface area contributed by atoms with Crippen molar-refractivity contribution in [3.63, 3.8) is 0 Å². The number of nitrogens with one attached hydrogen (secondary N) is 1. The summed E-state index contributed by atoms with van der Waals surface area (Å²) in [6, 6.07) is 11.6. The molecule has 10 heteroatoms. The monoisotopic (exact) mass is 569 g/mol. The summed E-state index contributed by atoms with van der Waals surface area (Å²) < 4.78 is 26.3. The first-order valence-corrected chi connectivity index (χ1v) is 15.1. The first kappa shape index (κ1) is 30.9. The van der Waals surface area contributed by atoms with Crippen LogP contribution in [0.1, 0.15) is 58.1 Å². The van der Waals surface area contributed by atoms with Crippen LogP contribution >= 0.6 is 23.2 Å². The normalized spacial score (nSPS) is 13.1. The van der Waals surface area contributed by atoms with E-state index in [1.807, 2.05) is 32.9 Å². The number of hydrogen-bond donors (Lipinski definition) is 1. The van der Waals surface area contributed by atoms with E-state index in [1.165, 1.54) is 9.21 Å². The van der Waals surface area contributed by atoms with Crippen molar-refractivity contribution in [2.45, 2.75) is 72.0 Å². The Balaban J connectivity index is 2.22. The summed E-state index contributed by atoms with van der Waals surface area (Å²) in [5.41, 5.74) is 2.20. The van der Waals surface area contributed by atoms with E-state index in [9.17, 15) is 18.0 Å². The number of nitrogens with zero attached hydrogens (tertiary/aromatic N) is 2. The van der Waals surface area contributed by atoms with E-state index in [-0.39, 0.29) is 43.8 Å². The first-order valence-electron chi connectivity index (χ1n) is 12.5. The zero-order valence-corrected chi connectivity index (χ0v) is 24.5. The molecule has 7 nitrogen and oxygen atoms in total. The van der Waals surface area contributed by atoms with Crippen LogP contribution in [-0.4, -0.2) is 50.0 Å². The summed E-state index contributed by atoms with van der Waals surface area (Å²) in [6.45, 7) is 7.74. The van der Waals surface area contributed by atoms with Gasteiger partial charge in [0.15, 0.2) is 0 Å². The van der Waals surface area contributed by atoms with Crippen molar-refractivity contribution in [2.75, 3.05) is 17.1 Å². The molecule has 2 atom stereocenters. The van der Waals surface area contributed by atoms with Crippen LogP contribution in [0.5, 0.6) is 0 Å². The molecule has 0 bridgehead atoms. The molecule has 0 unspecified atom stereocenters. The Hall–Kier alpha value is -2.29. The smallest absolute Gasteiger partial charge is 0.242 e. The van der Waals surface area contributed by atoms with Crippen molar-refractivity contribution in [1.29, 1.82) is 0 Å². The first-order chi connectivity index (χ1) is 17.4. The molecule has 0 heterocycles. The average molecular weight is 571 g/mol. The molecular formula is C27H37Cl2N3O4S. The van der Waals surface area contributed by atoms with Gasteiger partial charge in [0.05, 0.1) is 11.9 Å². The van der Waals surface area contributed by atoms with Gasteiger partial charge in [0, 0.05) is 41.2 Å². The minimum Gasteiger partial charge on any atom is -0.352 e. The minimum absolute atomic E-state index is 0.0433. The highest BCUT2D eigenvalue weighted by molar-refractivity contribution is 7.92. The Kier molecular flexibility index (Phi) is 11.7. The van der Waals surface area contributed by atoms with Crippen LogP contribution in [0.15, 0.2) is 42.5 Å². The number of amides is 2. The van der Waals surface area contributed by atoms with E-state index in [0.717, 1.165) is 24.7 Å². The lowest BCUT2D eigenvalue weighted by Gasteiger charge is -2.30. The van der Waals surface area contributed by atoms with E-state index in [0.29, 0.717) is 21.3 Å². The number of sulfonamides is 1. The highest BCUT2D eigenvalue weighted by Gasteiger charge is 2.28. The highest BCUT2D eigenvalue weighted by atomic mass is 35.5. The van der Waals surface area contributed by atoms with Crippen LogP contribution in [0.3, 0.4) is 0 Å². The molecule has 0 spiro atoms. The van der Waals surface area contributed by atoms with E-state index in [2.05, 4.69) is 5.32 Å². The van der Waals surface area contributed by atoms with Gasteiger partial charge in [-0.1, -0.05) is 55.2 Å². The van der Waals surface area contributed by atoms with Crippen LogP contribution in [-0.2, 0) is 32.6 Å². The van der Waals surface area contributed by atoms with Gasteiger partial charge in [-0.3, -0.25) is 13.9 Å². The Bertz CT molecular complexity index is 1150. The van der Waals surface area contributed by atoms with Gasteiger partial charge in [0.1, 0.15) is 6.04 Å². The summed E-state index contributed by atoms with van der Waals surface area (Å²) >= 11 is 12.7. The van der Waals surface area contributed by atoms with Crippen molar-refractivity contribution in [3.8, 4) is 0 Å². The number of carbonyl (C=O) groups excluding carboxylic acids is 2. The second kappa shape index (κ2) is 14.0. The Morgan fingerprint density at radius 2 is 1.59 bits per heavy atom. The fourth-order valence-electron chi connectivity index (χ4n) is 3.80. The number of halogens is 2. The van der Waals surface area contributed by atoms with Gasteiger partial charge in [-0.25, -0.2) is 8.42 Å². The maximum atomic E-state index is 13.4. The number of hydrogen-bond acceptors (Lipinski definition) is 4. The van der Waals surface area contributed by atoms with Gasteiger partial charge < -0.3 is 10.2 Å². The van der Waals surface area contributed by atoms with E-state index in [1.54, 1.807) is 37.3 Å². The maximum Gasteiger partial charge on any atom is 0.242 e. The molecule has 2 rings (SSSR count). The van der Waals surface area contributed by atoms with Gasteiger partial charge in [0.2, 0.25) is 21.8 Å². The molecule has 2 aromatic rings. The van der Waals surface area contributed by atoms with Crippen molar-refractivity contribution in [3.05, 3.63) is 63.6 Å². The molecule has 2 aromatic carbocycles. The predicted molar refractivity (Wildman–Crippen MR) is 152 cm³/mol. The second-order valence-corrected chi connectivity index (χ2v) is 11.9. The SMILES string of the molecule is CCc1ccc(N(CCCC(=O)N(Cc2c(Cl)cccc2Cl)[C@H](C)C(=O)N[C@@H](C)CC)S(C)(=O)=O)cc1. The Morgan fingerprint density at radius 3 is 2.11 bits per heavy atom. The molecule has 0 saturated heterocycles. The lowest BCUT2D eigenvalue weighted by molar-refractivity contribution is -0.140. The molecule has 0 aromatic heterocycles. The number of benzene rings is 2. The highest BCUT2D eigenvalue weighted by Crippen LogP contribution is 2.27. The zero-order valence-electron chi connectivity index (χ0n) is 22.1. The summed E-state index contributed by atoms with van der Waals surface area (Å²) in [7, 11) is -3.55. The topological polar surface area (TPSA) is 86.8 Å². The van der Waals surface area contributed by atoms with Crippen molar-refractivity contribution in [1.82, 2.24) is 10.2 Å². The molecule has 37 heavy (non-hydrogen) atoms.